The summed E-state index contributed by atoms with van der Waals surface area (Å²) in [6.07, 6.45) is 0.362. The molecule has 0 unspecified atom stereocenters. The first-order valence-electron chi connectivity index (χ1n) is 10.1. The van der Waals surface area contributed by atoms with Gasteiger partial charge in [-0.3, -0.25) is 4.79 Å². The fraction of sp³-hybridized carbons (Fsp3) is 0.348. The molecule has 1 heterocycles. The molecule has 0 aliphatic carbocycles. The van der Waals surface area contributed by atoms with Crippen LogP contribution < -0.4 is 10.1 Å². The number of amides is 3. The molecule has 0 spiro atoms. The number of nitrogens with zero attached hydrogens (tertiary/aromatic N) is 3. The third kappa shape index (κ3) is 5.20. The van der Waals surface area contributed by atoms with E-state index in [1.165, 1.54) is 16.0 Å². The number of halogens is 1. The first-order chi connectivity index (χ1) is 14.8. The Kier molecular flexibility index (Phi) is 6.89. The van der Waals surface area contributed by atoms with Gasteiger partial charge in [-0.15, -0.1) is 0 Å². The number of nitrogens with one attached hydrogen (secondary N) is 1. The number of urea groups is 1. The molecule has 0 bridgehead atoms. The van der Waals surface area contributed by atoms with E-state index in [2.05, 4.69) is 10.4 Å². The summed E-state index contributed by atoms with van der Waals surface area (Å²) in [4.78, 5) is 26.6. The normalized spacial score (nSPS) is 15.6. The first-order valence-corrected chi connectivity index (χ1v) is 10.1. The Bertz CT molecular complexity index is 975. The molecule has 0 fully saturated rings. The number of hydrazone groups is 1. The quantitative estimate of drug-likeness (QED) is 0.768. The largest absolute Gasteiger partial charge is 0.497 e. The lowest BCUT2D eigenvalue weighted by molar-refractivity contribution is -0.133. The predicted octanol–water partition coefficient (Wildman–Crippen LogP) is 3.56. The molecule has 7 nitrogen and oxygen atoms in total. The molecule has 0 saturated carbocycles. The molecule has 0 radical (unpaired) electrons. The second-order valence-electron chi connectivity index (χ2n) is 7.72. The van der Waals surface area contributed by atoms with Crippen molar-refractivity contribution in [1.29, 1.82) is 0 Å². The highest BCUT2D eigenvalue weighted by molar-refractivity contribution is 6.03. The fourth-order valence-electron chi connectivity index (χ4n) is 3.39. The van der Waals surface area contributed by atoms with Crippen LogP contribution in [0.4, 0.5) is 9.18 Å². The zero-order valence-corrected chi connectivity index (χ0v) is 18.1. The minimum Gasteiger partial charge on any atom is -0.497 e. The van der Waals surface area contributed by atoms with Gasteiger partial charge in [0.05, 0.1) is 18.9 Å². The smallest absolute Gasteiger partial charge is 0.317 e. The fourth-order valence-corrected chi connectivity index (χ4v) is 3.39. The van der Waals surface area contributed by atoms with Gasteiger partial charge in [0, 0.05) is 25.1 Å². The number of likely N-dealkylation sites (N-methyl/N-ethyl adjacent to an activating group) is 1. The van der Waals surface area contributed by atoms with Gasteiger partial charge in [-0.1, -0.05) is 30.3 Å². The molecular formula is C23H27FN4O3. The molecule has 1 N–H and O–H groups in total. The zero-order valence-electron chi connectivity index (χ0n) is 18.1. The van der Waals surface area contributed by atoms with Crippen LogP contribution in [-0.4, -0.2) is 54.3 Å². The minimum atomic E-state index is -0.408. The summed E-state index contributed by atoms with van der Waals surface area (Å²) in [6, 6.07) is 12.9. The van der Waals surface area contributed by atoms with Crippen molar-refractivity contribution < 1.29 is 18.7 Å². The molecule has 1 atom stereocenters. The molecule has 2 aromatic rings. The molecule has 0 saturated heterocycles. The van der Waals surface area contributed by atoms with E-state index < -0.39 is 11.9 Å². The molecule has 8 heteroatoms. The summed E-state index contributed by atoms with van der Waals surface area (Å²) in [5.41, 5.74) is 1.70. The van der Waals surface area contributed by atoms with Gasteiger partial charge in [0.1, 0.15) is 18.1 Å². The van der Waals surface area contributed by atoms with Crippen LogP contribution in [0.5, 0.6) is 5.75 Å². The predicted molar refractivity (Wildman–Crippen MR) is 116 cm³/mol. The highest BCUT2D eigenvalue weighted by Gasteiger charge is 2.34. The van der Waals surface area contributed by atoms with Crippen molar-refractivity contribution in [3.05, 3.63) is 65.5 Å². The summed E-state index contributed by atoms with van der Waals surface area (Å²) in [5.74, 6) is -0.0500. The Balaban J connectivity index is 1.88. The number of hydrogen-bond donors (Lipinski definition) is 1. The first kappa shape index (κ1) is 22.3. The number of carbonyl (C=O) groups is 2. The molecule has 2 aromatic carbocycles. The van der Waals surface area contributed by atoms with E-state index in [-0.39, 0.29) is 24.5 Å². The van der Waals surface area contributed by atoms with E-state index in [0.29, 0.717) is 23.4 Å². The van der Waals surface area contributed by atoms with Crippen molar-refractivity contribution in [1.82, 2.24) is 15.2 Å². The third-order valence-corrected chi connectivity index (χ3v) is 4.98. The number of carbonyl (C=O) groups excluding carboxylic acids is 2. The summed E-state index contributed by atoms with van der Waals surface area (Å²) >= 11 is 0. The molecule has 0 aromatic heterocycles. The maximum Gasteiger partial charge on any atom is 0.317 e. The maximum atomic E-state index is 14.4. The van der Waals surface area contributed by atoms with E-state index in [4.69, 9.17) is 4.74 Å². The average molecular weight is 426 g/mol. The van der Waals surface area contributed by atoms with Crippen LogP contribution in [0.15, 0.2) is 53.6 Å². The summed E-state index contributed by atoms with van der Waals surface area (Å²) in [7, 11) is 3.13. The number of rotatable bonds is 6. The lowest BCUT2D eigenvalue weighted by Crippen LogP contribution is -2.45. The molecule has 3 amide bonds. The Labute approximate surface area is 181 Å². The Hall–Kier alpha value is -3.42. The van der Waals surface area contributed by atoms with Crippen molar-refractivity contribution in [2.75, 3.05) is 20.7 Å². The average Bonchev–Trinajstić information content (AvgIpc) is 3.19. The van der Waals surface area contributed by atoms with Crippen LogP contribution in [-0.2, 0) is 4.79 Å². The van der Waals surface area contributed by atoms with E-state index in [0.717, 1.165) is 5.56 Å². The SMILES string of the molecule is COc1ccc([C@@H]2CC(c3ccccc3F)=NN2C(=O)CN(C)C(=O)NC(C)C)cc1. The van der Waals surface area contributed by atoms with E-state index in [1.807, 2.05) is 26.0 Å². The van der Waals surface area contributed by atoms with Gasteiger partial charge >= 0.3 is 6.03 Å². The van der Waals surface area contributed by atoms with Crippen molar-refractivity contribution >= 4 is 17.6 Å². The highest BCUT2D eigenvalue weighted by Crippen LogP contribution is 2.34. The molecule has 1 aliphatic heterocycles. The van der Waals surface area contributed by atoms with E-state index in [1.54, 1.807) is 44.5 Å². The number of ether oxygens (including phenoxy) is 1. The Morgan fingerprint density at radius 1 is 1.23 bits per heavy atom. The van der Waals surface area contributed by atoms with Gasteiger partial charge in [0.15, 0.2) is 0 Å². The lowest BCUT2D eigenvalue weighted by atomic mass is 9.98. The molecule has 164 valence electrons. The van der Waals surface area contributed by atoms with Gasteiger partial charge in [-0.25, -0.2) is 14.2 Å². The number of benzene rings is 2. The minimum absolute atomic E-state index is 0.0467. The summed E-state index contributed by atoms with van der Waals surface area (Å²) in [5, 5.41) is 8.57. The van der Waals surface area contributed by atoms with Crippen LogP contribution in [0.25, 0.3) is 0 Å². The van der Waals surface area contributed by atoms with Crippen LogP contribution >= 0.6 is 0 Å². The van der Waals surface area contributed by atoms with Gasteiger partial charge in [-0.2, -0.15) is 5.10 Å². The number of hydrogen-bond acceptors (Lipinski definition) is 4. The van der Waals surface area contributed by atoms with Crippen LogP contribution in [0.2, 0.25) is 0 Å². The van der Waals surface area contributed by atoms with Gasteiger partial charge in [0.2, 0.25) is 0 Å². The van der Waals surface area contributed by atoms with Gasteiger partial charge in [-0.05, 0) is 37.6 Å². The molecular weight excluding hydrogens is 399 g/mol. The topological polar surface area (TPSA) is 74.2 Å². The monoisotopic (exact) mass is 426 g/mol. The second-order valence-corrected chi connectivity index (χ2v) is 7.72. The van der Waals surface area contributed by atoms with Gasteiger partial charge in [0.25, 0.3) is 5.91 Å². The maximum absolute atomic E-state index is 14.4. The Morgan fingerprint density at radius 3 is 2.52 bits per heavy atom. The van der Waals surface area contributed by atoms with Crippen LogP contribution in [0, 0.1) is 5.82 Å². The molecule has 31 heavy (non-hydrogen) atoms. The van der Waals surface area contributed by atoms with Crippen molar-refractivity contribution in [2.24, 2.45) is 5.10 Å². The summed E-state index contributed by atoms with van der Waals surface area (Å²) in [6.45, 7) is 3.54. The van der Waals surface area contributed by atoms with Crippen molar-refractivity contribution in [3.63, 3.8) is 0 Å². The van der Waals surface area contributed by atoms with E-state index >= 15 is 0 Å². The second kappa shape index (κ2) is 9.59. The molecule has 3 rings (SSSR count). The van der Waals surface area contributed by atoms with Crippen LogP contribution in [0.1, 0.15) is 37.4 Å². The zero-order chi connectivity index (χ0) is 22.5. The van der Waals surface area contributed by atoms with Gasteiger partial charge < -0.3 is 15.0 Å². The third-order valence-electron chi connectivity index (χ3n) is 4.98. The molecule has 1 aliphatic rings. The van der Waals surface area contributed by atoms with E-state index in [9.17, 15) is 14.0 Å². The van der Waals surface area contributed by atoms with Crippen molar-refractivity contribution in [3.8, 4) is 5.75 Å². The lowest BCUT2D eigenvalue weighted by Gasteiger charge is -2.25. The van der Waals surface area contributed by atoms with Crippen molar-refractivity contribution in [2.45, 2.75) is 32.4 Å². The number of methoxy groups -OCH3 is 1. The summed E-state index contributed by atoms with van der Waals surface area (Å²) < 4.78 is 19.6. The van der Waals surface area contributed by atoms with Crippen LogP contribution in [0.3, 0.4) is 0 Å². The standard InChI is InChI=1S/C23H27FN4O3/c1-15(2)25-23(30)27(3)14-22(29)28-21(16-9-11-17(31-4)12-10-16)13-20(26-28)18-7-5-6-8-19(18)24/h5-12,15,21H,13-14H2,1-4H3,(H,25,30)/t21-/m0/s1. The Morgan fingerprint density at radius 2 is 1.90 bits per heavy atom. The highest BCUT2D eigenvalue weighted by atomic mass is 19.1.